The summed E-state index contributed by atoms with van der Waals surface area (Å²) < 4.78 is 26.6. The van der Waals surface area contributed by atoms with E-state index >= 15 is 0 Å². The minimum Gasteiger partial charge on any atom is -0.325 e. The van der Waals surface area contributed by atoms with Gasteiger partial charge in [-0.3, -0.25) is 19.4 Å². The molecule has 0 aromatic heterocycles. The van der Waals surface area contributed by atoms with Crippen LogP contribution in [0.15, 0.2) is 48.5 Å². The van der Waals surface area contributed by atoms with Gasteiger partial charge < -0.3 is 10.6 Å². The summed E-state index contributed by atoms with van der Waals surface area (Å²) in [6.45, 7) is 1.92. The molecule has 2 amide bonds. The number of nitrogens with zero attached hydrogens (tertiary/aromatic N) is 2. The smallest absolute Gasteiger partial charge is 0.238 e. The van der Waals surface area contributed by atoms with Crippen LogP contribution in [0.3, 0.4) is 0 Å². The first-order valence-corrected chi connectivity index (χ1v) is 10.6. The van der Waals surface area contributed by atoms with Crippen molar-refractivity contribution in [2.75, 3.05) is 36.8 Å². The minimum atomic E-state index is -0.393. The first-order chi connectivity index (χ1) is 15.0. The summed E-state index contributed by atoms with van der Waals surface area (Å²) in [5, 5.41) is 5.49. The first kappa shape index (κ1) is 21.4. The number of nitrogens with one attached hydrogen (secondary N) is 2. The molecule has 1 unspecified atom stereocenters. The molecule has 2 aromatic rings. The van der Waals surface area contributed by atoms with Crippen LogP contribution in [0.5, 0.6) is 0 Å². The molecule has 2 aliphatic rings. The molecule has 6 nitrogen and oxygen atoms in total. The maximum atomic E-state index is 13.4. The largest absolute Gasteiger partial charge is 0.325 e. The molecule has 4 rings (SSSR count). The highest BCUT2D eigenvalue weighted by Crippen LogP contribution is 2.31. The van der Waals surface area contributed by atoms with E-state index in [1.165, 1.54) is 24.3 Å². The highest BCUT2D eigenvalue weighted by molar-refractivity contribution is 5.92. The number of likely N-dealkylation sites (tertiary alicyclic amines) is 1. The fourth-order valence-electron chi connectivity index (χ4n) is 4.09. The van der Waals surface area contributed by atoms with Crippen LogP contribution in [0.2, 0.25) is 0 Å². The number of amides is 2. The third-order valence-corrected chi connectivity index (χ3v) is 5.64. The van der Waals surface area contributed by atoms with Crippen LogP contribution in [0.1, 0.15) is 19.3 Å². The van der Waals surface area contributed by atoms with Crippen LogP contribution in [0.25, 0.3) is 0 Å². The average molecular weight is 428 g/mol. The number of rotatable bonds is 8. The molecule has 1 heterocycles. The third kappa shape index (κ3) is 6.08. The van der Waals surface area contributed by atoms with Crippen molar-refractivity contribution in [2.45, 2.75) is 31.3 Å². The van der Waals surface area contributed by atoms with Crippen molar-refractivity contribution < 1.29 is 18.4 Å². The molecule has 1 saturated heterocycles. The van der Waals surface area contributed by atoms with Gasteiger partial charge in [0, 0.05) is 36.5 Å². The van der Waals surface area contributed by atoms with Crippen molar-refractivity contribution in [3.8, 4) is 0 Å². The van der Waals surface area contributed by atoms with Gasteiger partial charge in [0.25, 0.3) is 0 Å². The molecule has 31 heavy (non-hydrogen) atoms. The molecule has 8 heteroatoms. The Bertz CT molecular complexity index is 951. The lowest BCUT2D eigenvalue weighted by Crippen LogP contribution is -2.44. The number of hydrogen-bond acceptors (Lipinski definition) is 4. The summed E-state index contributed by atoms with van der Waals surface area (Å²) in [5.41, 5.74) is 0.886. The summed E-state index contributed by atoms with van der Waals surface area (Å²) in [4.78, 5) is 29.1. The lowest BCUT2D eigenvalue weighted by atomic mass is 10.2. The predicted octanol–water partition coefficient (Wildman–Crippen LogP) is 3.08. The molecule has 164 valence electrons. The molecule has 0 bridgehead atoms. The standard InChI is InChI=1S/C23H26F2N4O2/c24-16-3-1-5-18(11-16)26-22(30)14-28-10-9-21(13-28)29(20-7-8-20)15-23(31)27-19-6-2-4-17(25)12-19/h1-6,11-12,20-21H,7-10,13-15H2,(H,26,30)(H,27,31). The molecule has 0 radical (unpaired) electrons. The number of carbonyl (C=O) groups is 2. The van der Waals surface area contributed by atoms with Gasteiger partial charge in [0.05, 0.1) is 13.1 Å². The molecule has 1 aliphatic carbocycles. The highest BCUT2D eigenvalue weighted by atomic mass is 19.1. The van der Waals surface area contributed by atoms with Crippen LogP contribution in [-0.2, 0) is 9.59 Å². The van der Waals surface area contributed by atoms with Gasteiger partial charge in [-0.2, -0.15) is 0 Å². The van der Waals surface area contributed by atoms with Gasteiger partial charge in [-0.25, -0.2) is 8.78 Å². The summed E-state index contributed by atoms with van der Waals surface area (Å²) in [6.07, 6.45) is 2.99. The van der Waals surface area contributed by atoms with E-state index in [1.807, 2.05) is 0 Å². The molecule has 1 aliphatic heterocycles. The maximum absolute atomic E-state index is 13.4. The van der Waals surface area contributed by atoms with Crippen LogP contribution in [-0.4, -0.2) is 59.9 Å². The number of anilines is 2. The first-order valence-electron chi connectivity index (χ1n) is 10.6. The maximum Gasteiger partial charge on any atom is 0.238 e. The van der Waals surface area contributed by atoms with E-state index < -0.39 is 5.82 Å². The Morgan fingerprint density at radius 3 is 2.10 bits per heavy atom. The molecule has 0 spiro atoms. The van der Waals surface area contributed by atoms with Crippen LogP contribution >= 0.6 is 0 Å². The van der Waals surface area contributed by atoms with Gasteiger partial charge in [0.2, 0.25) is 11.8 Å². The normalized spacial score (nSPS) is 18.9. The average Bonchev–Trinajstić information content (AvgIpc) is 3.45. The van der Waals surface area contributed by atoms with E-state index in [4.69, 9.17) is 0 Å². The number of halogens is 2. The van der Waals surface area contributed by atoms with Crippen molar-refractivity contribution in [3.63, 3.8) is 0 Å². The van der Waals surface area contributed by atoms with Gasteiger partial charge in [-0.1, -0.05) is 12.1 Å². The highest BCUT2D eigenvalue weighted by Gasteiger charge is 2.38. The summed E-state index contributed by atoms with van der Waals surface area (Å²) in [5.74, 6) is -1.14. The van der Waals surface area contributed by atoms with E-state index in [2.05, 4.69) is 20.4 Å². The van der Waals surface area contributed by atoms with Crippen molar-refractivity contribution in [1.82, 2.24) is 9.80 Å². The van der Waals surface area contributed by atoms with Crippen molar-refractivity contribution in [1.29, 1.82) is 0 Å². The zero-order valence-electron chi connectivity index (χ0n) is 17.2. The van der Waals surface area contributed by atoms with E-state index in [1.54, 1.807) is 24.3 Å². The van der Waals surface area contributed by atoms with E-state index in [0.717, 1.165) is 25.8 Å². The SMILES string of the molecule is O=C(CN1CCC(N(CC(=O)Nc2cccc(F)c2)C2CC2)C1)Nc1cccc(F)c1. The number of benzene rings is 2. The minimum absolute atomic E-state index is 0.167. The van der Waals surface area contributed by atoms with Gasteiger partial charge >= 0.3 is 0 Å². The summed E-state index contributed by atoms with van der Waals surface area (Å²) in [7, 11) is 0. The van der Waals surface area contributed by atoms with Crippen LogP contribution < -0.4 is 10.6 Å². The van der Waals surface area contributed by atoms with E-state index in [0.29, 0.717) is 24.0 Å². The lowest BCUT2D eigenvalue weighted by Gasteiger charge is -2.28. The summed E-state index contributed by atoms with van der Waals surface area (Å²) >= 11 is 0. The molecule has 1 atom stereocenters. The van der Waals surface area contributed by atoms with E-state index in [9.17, 15) is 18.4 Å². The Kier molecular flexibility index (Phi) is 6.58. The monoisotopic (exact) mass is 428 g/mol. The fraction of sp³-hybridized carbons (Fsp3) is 0.391. The molecule has 2 fully saturated rings. The van der Waals surface area contributed by atoms with Crippen molar-refractivity contribution in [2.24, 2.45) is 0 Å². The second kappa shape index (κ2) is 9.53. The second-order valence-corrected chi connectivity index (χ2v) is 8.20. The predicted molar refractivity (Wildman–Crippen MR) is 115 cm³/mol. The molecular formula is C23H26F2N4O2. The summed E-state index contributed by atoms with van der Waals surface area (Å²) in [6, 6.07) is 12.3. The van der Waals surface area contributed by atoms with Crippen LogP contribution in [0, 0.1) is 11.6 Å². The molecule has 2 N–H and O–H groups in total. The van der Waals surface area contributed by atoms with E-state index in [-0.39, 0.29) is 36.8 Å². The Balaban J connectivity index is 1.29. The van der Waals surface area contributed by atoms with Crippen molar-refractivity contribution >= 4 is 23.2 Å². The Morgan fingerprint density at radius 1 is 0.903 bits per heavy atom. The molecule has 2 aromatic carbocycles. The van der Waals surface area contributed by atoms with Gasteiger partial charge in [-0.05, 0) is 55.7 Å². The van der Waals surface area contributed by atoms with Gasteiger partial charge in [0.1, 0.15) is 11.6 Å². The Hall–Kier alpha value is -2.84. The number of carbonyl (C=O) groups excluding carboxylic acids is 2. The Labute approximate surface area is 180 Å². The molecular weight excluding hydrogens is 402 g/mol. The third-order valence-electron chi connectivity index (χ3n) is 5.64. The number of hydrogen-bond donors (Lipinski definition) is 2. The van der Waals surface area contributed by atoms with Gasteiger partial charge in [0.15, 0.2) is 0 Å². The molecule has 1 saturated carbocycles. The fourth-order valence-corrected chi connectivity index (χ4v) is 4.09. The van der Waals surface area contributed by atoms with Crippen molar-refractivity contribution in [3.05, 3.63) is 60.2 Å². The topological polar surface area (TPSA) is 64.7 Å². The lowest BCUT2D eigenvalue weighted by molar-refractivity contribution is -0.119. The second-order valence-electron chi connectivity index (χ2n) is 8.20. The van der Waals surface area contributed by atoms with Gasteiger partial charge in [-0.15, -0.1) is 0 Å². The zero-order valence-corrected chi connectivity index (χ0v) is 17.2. The Morgan fingerprint density at radius 2 is 1.52 bits per heavy atom. The van der Waals surface area contributed by atoms with Crippen LogP contribution in [0.4, 0.5) is 20.2 Å². The quantitative estimate of drug-likeness (QED) is 0.678. The zero-order chi connectivity index (χ0) is 21.8.